The summed E-state index contributed by atoms with van der Waals surface area (Å²) in [4.78, 5) is 19.0. The summed E-state index contributed by atoms with van der Waals surface area (Å²) in [6.07, 6.45) is 4.90. The lowest BCUT2D eigenvalue weighted by Crippen LogP contribution is -2.38. The molecule has 1 unspecified atom stereocenters. The number of benzene rings is 1. The lowest BCUT2D eigenvalue weighted by atomic mass is 10.1. The van der Waals surface area contributed by atoms with Crippen LogP contribution in [0.25, 0.3) is 5.65 Å². The van der Waals surface area contributed by atoms with E-state index in [4.69, 9.17) is 4.74 Å². The van der Waals surface area contributed by atoms with Crippen LogP contribution in [0.2, 0.25) is 0 Å². The second kappa shape index (κ2) is 7.17. The predicted molar refractivity (Wildman–Crippen MR) is 99.3 cm³/mol. The van der Waals surface area contributed by atoms with Crippen LogP contribution in [0.15, 0.2) is 54.9 Å². The van der Waals surface area contributed by atoms with Crippen molar-refractivity contribution in [2.24, 2.45) is 0 Å². The minimum Gasteiger partial charge on any atom is -0.487 e. The molecule has 1 N–H and O–H groups in total. The number of ether oxygens (including phenoxy) is 1. The van der Waals surface area contributed by atoms with E-state index in [2.05, 4.69) is 10.3 Å². The van der Waals surface area contributed by atoms with Crippen LogP contribution < -0.4 is 10.1 Å². The lowest BCUT2D eigenvalue weighted by Gasteiger charge is -2.24. The van der Waals surface area contributed by atoms with Crippen LogP contribution in [0.3, 0.4) is 0 Å². The van der Waals surface area contributed by atoms with Crippen LogP contribution in [0, 0.1) is 0 Å². The zero-order chi connectivity index (χ0) is 17.9. The van der Waals surface area contributed by atoms with Crippen molar-refractivity contribution in [1.82, 2.24) is 19.6 Å². The number of nitrogens with zero attached hydrogens (tertiary/aromatic N) is 3. The van der Waals surface area contributed by atoms with Crippen molar-refractivity contribution in [3.05, 3.63) is 66.1 Å². The van der Waals surface area contributed by atoms with Gasteiger partial charge in [0.05, 0.1) is 5.69 Å². The number of carbonyl (C=O) groups excluding carboxylic acids is 1. The molecule has 2 aromatic heterocycles. The van der Waals surface area contributed by atoms with Gasteiger partial charge in [0.15, 0.2) is 0 Å². The molecule has 0 aliphatic carbocycles. The quantitative estimate of drug-likeness (QED) is 0.767. The van der Waals surface area contributed by atoms with Gasteiger partial charge in [0.1, 0.15) is 18.0 Å². The highest BCUT2D eigenvalue weighted by molar-refractivity contribution is 5.94. The van der Waals surface area contributed by atoms with Crippen LogP contribution in [0.1, 0.15) is 22.5 Å². The van der Waals surface area contributed by atoms with Gasteiger partial charge in [-0.1, -0.05) is 12.1 Å². The maximum atomic E-state index is 12.7. The van der Waals surface area contributed by atoms with E-state index < -0.39 is 0 Å². The highest BCUT2D eigenvalue weighted by Crippen LogP contribution is 2.18. The fourth-order valence-corrected chi connectivity index (χ4v) is 3.27. The van der Waals surface area contributed by atoms with E-state index in [1.807, 2.05) is 65.1 Å². The molecule has 1 aliphatic rings. The summed E-state index contributed by atoms with van der Waals surface area (Å²) in [6.45, 7) is 2.18. The van der Waals surface area contributed by atoms with Crippen LogP contribution in [-0.2, 0) is 6.61 Å². The van der Waals surface area contributed by atoms with E-state index in [1.165, 1.54) is 0 Å². The van der Waals surface area contributed by atoms with Gasteiger partial charge in [0.25, 0.3) is 5.91 Å². The Kier molecular flexibility index (Phi) is 4.58. The number of fused-ring (bicyclic) bond motifs is 1. The number of rotatable bonds is 5. The Balaban J connectivity index is 1.44. The molecule has 1 aliphatic heterocycles. The minimum absolute atomic E-state index is 0.0249. The molecule has 1 atom stereocenters. The first kappa shape index (κ1) is 16.6. The van der Waals surface area contributed by atoms with Gasteiger partial charge in [-0.2, -0.15) is 0 Å². The molecule has 1 amide bonds. The van der Waals surface area contributed by atoms with Crippen LogP contribution in [-0.4, -0.2) is 46.4 Å². The summed E-state index contributed by atoms with van der Waals surface area (Å²) in [5.41, 5.74) is 2.39. The average Bonchev–Trinajstić information content (AvgIpc) is 3.34. The second-order valence-corrected chi connectivity index (χ2v) is 6.58. The molecule has 6 heteroatoms. The Labute approximate surface area is 152 Å². The van der Waals surface area contributed by atoms with Gasteiger partial charge in [0.2, 0.25) is 0 Å². The smallest absolute Gasteiger partial charge is 0.254 e. The topological polar surface area (TPSA) is 58.9 Å². The molecule has 1 fully saturated rings. The minimum atomic E-state index is 0.0249. The first-order valence-corrected chi connectivity index (χ1v) is 8.84. The number of carbonyl (C=O) groups is 1. The number of amides is 1. The number of hydrogen-bond donors (Lipinski definition) is 1. The fourth-order valence-electron chi connectivity index (χ4n) is 3.27. The third-order valence-corrected chi connectivity index (χ3v) is 4.78. The summed E-state index contributed by atoms with van der Waals surface area (Å²) in [7, 11) is 1.87. The third-order valence-electron chi connectivity index (χ3n) is 4.78. The van der Waals surface area contributed by atoms with E-state index in [-0.39, 0.29) is 11.9 Å². The summed E-state index contributed by atoms with van der Waals surface area (Å²) < 4.78 is 7.82. The average molecular weight is 350 g/mol. The van der Waals surface area contributed by atoms with Crippen molar-refractivity contribution in [2.45, 2.75) is 19.1 Å². The molecular formula is C20H22N4O2. The molecule has 1 aromatic carbocycles. The molecule has 3 heterocycles. The van der Waals surface area contributed by atoms with Gasteiger partial charge >= 0.3 is 0 Å². The van der Waals surface area contributed by atoms with E-state index in [9.17, 15) is 4.79 Å². The highest BCUT2D eigenvalue weighted by Gasteiger charge is 2.24. The number of pyridine rings is 1. The molecule has 6 nitrogen and oxygen atoms in total. The normalized spacial score (nSPS) is 16.7. The van der Waals surface area contributed by atoms with Gasteiger partial charge in [0, 0.05) is 37.6 Å². The predicted octanol–water partition coefficient (Wildman–Crippen LogP) is 2.35. The van der Waals surface area contributed by atoms with Gasteiger partial charge in [-0.3, -0.25) is 4.79 Å². The molecule has 0 bridgehead atoms. The van der Waals surface area contributed by atoms with E-state index >= 15 is 0 Å². The standard InChI is InChI=1S/C20H22N4O2/c1-23(17-8-9-21-12-17)20(25)15-5-4-6-18(11-15)26-14-16-13-24-10-3-2-7-19(24)22-16/h2-7,10-11,13,17,21H,8-9,12,14H2,1H3. The summed E-state index contributed by atoms with van der Waals surface area (Å²) in [5, 5.41) is 3.29. The first-order chi connectivity index (χ1) is 12.7. The van der Waals surface area contributed by atoms with Crippen molar-refractivity contribution in [3.8, 4) is 5.75 Å². The van der Waals surface area contributed by atoms with Gasteiger partial charge in [-0.25, -0.2) is 4.98 Å². The van der Waals surface area contributed by atoms with Gasteiger partial charge < -0.3 is 19.4 Å². The van der Waals surface area contributed by atoms with Crippen LogP contribution >= 0.6 is 0 Å². The van der Waals surface area contributed by atoms with E-state index in [0.717, 1.165) is 30.9 Å². The zero-order valence-corrected chi connectivity index (χ0v) is 14.8. The van der Waals surface area contributed by atoms with Gasteiger partial charge in [-0.15, -0.1) is 0 Å². The summed E-state index contributed by atoms with van der Waals surface area (Å²) in [5.74, 6) is 0.697. The number of likely N-dealkylation sites (N-methyl/N-ethyl adjacent to an activating group) is 1. The third kappa shape index (κ3) is 3.41. The SMILES string of the molecule is CN(C(=O)c1cccc(OCc2cn3ccccc3n2)c1)C1CCNC1. The second-order valence-electron chi connectivity index (χ2n) is 6.58. The molecule has 0 spiro atoms. The molecule has 4 rings (SSSR count). The molecular weight excluding hydrogens is 328 g/mol. The summed E-state index contributed by atoms with van der Waals surface area (Å²) >= 11 is 0. The molecule has 0 saturated carbocycles. The maximum absolute atomic E-state index is 12.7. The molecule has 26 heavy (non-hydrogen) atoms. The number of imidazole rings is 1. The largest absolute Gasteiger partial charge is 0.487 e. The highest BCUT2D eigenvalue weighted by atomic mass is 16.5. The summed E-state index contributed by atoms with van der Waals surface area (Å²) in [6, 6.07) is 13.5. The Morgan fingerprint density at radius 3 is 3.08 bits per heavy atom. The fraction of sp³-hybridized carbons (Fsp3) is 0.300. The van der Waals surface area contributed by atoms with Crippen LogP contribution in [0.4, 0.5) is 0 Å². The van der Waals surface area contributed by atoms with Crippen LogP contribution in [0.5, 0.6) is 5.75 Å². The Bertz CT molecular complexity index is 882. The Morgan fingerprint density at radius 1 is 1.35 bits per heavy atom. The van der Waals surface area contributed by atoms with Crippen molar-refractivity contribution in [3.63, 3.8) is 0 Å². The number of hydrogen-bond acceptors (Lipinski definition) is 4. The lowest BCUT2D eigenvalue weighted by molar-refractivity contribution is 0.0743. The Hall–Kier alpha value is -2.86. The van der Waals surface area contributed by atoms with E-state index in [0.29, 0.717) is 17.9 Å². The Morgan fingerprint density at radius 2 is 2.27 bits per heavy atom. The van der Waals surface area contributed by atoms with E-state index in [1.54, 1.807) is 6.07 Å². The van der Waals surface area contributed by atoms with Gasteiger partial charge in [-0.05, 0) is 43.3 Å². The monoisotopic (exact) mass is 350 g/mol. The van der Waals surface area contributed by atoms with Crippen molar-refractivity contribution < 1.29 is 9.53 Å². The molecule has 134 valence electrons. The number of aromatic nitrogens is 2. The maximum Gasteiger partial charge on any atom is 0.254 e. The zero-order valence-electron chi connectivity index (χ0n) is 14.8. The molecule has 3 aromatic rings. The van der Waals surface area contributed by atoms with Crippen molar-refractivity contribution in [2.75, 3.05) is 20.1 Å². The van der Waals surface area contributed by atoms with Crippen molar-refractivity contribution in [1.29, 1.82) is 0 Å². The molecule has 1 saturated heterocycles. The first-order valence-electron chi connectivity index (χ1n) is 8.84. The number of nitrogens with one attached hydrogen (secondary N) is 1. The molecule has 0 radical (unpaired) electrons. The van der Waals surface area contributed by atoms with Crippen molar-refractivity contribution >= 4 is 11.6 Å².